The van der Waals surface area contributed by atoms with Crippen molar-refractivity contribution in [1.82, 2.24) is 4.90 Å². The summed E-state index contributed by atoms with van der Waals surface area (Å²) in [6, 6.07) is 4.89. The summed E-state index contributed by atoms with van der Waals surface area (Å²) in [7, 11) is 4.83. The van der Waals surface area contributed by atoms with Crippen LogP contribution in [0.4, 0.5) is 10.5 Å². The minimum absolute atomic E-state index is 0.230. The SMILES string of the molecule is COc1cc(C(N)=S)ccc1NC(=O)N(C)C. The summed E-state index contributed by atoms with van der Waals surface area (Å²) >= 11 is 4.87. The molecular formula is C11H15N3O2S. The van der Waals surface area contributed by atoms with Gasteiger partial charge in [-0.25, -0.2) is 4.79 Å². The van der Waals surface area contributed by atoms with Gasteiger partial charge >= 0.3 is 6.03 Å². The number of thiocarbonyl (C=S) groups is 1. The molecule has 3 N–H and O–H groups in total. The summed E-state index contributed by atoms with van der Waals surface area (Å²) in [4.78, 5) is 13.2. The molecule has 1 aromatic rings. The number of methoxy groups -OCH3 is 1. The van der Waals surface area contributed by atoms with E-state index in [2.05, 4.69) is 5.32 Å². The maximum absolute atomic E-state index is 11.5. The van der Waals surface area contributed by atoms with Gasteiger partial charge in [0.2, 0.25) is 0 Å². The van der Waals surface area contributed by atoms with Crippen LogP contribution in [0.2, 0.25) is 0 Å². The van der Waals surface area contributed by atoms with E-state index in [9.17, 15) is 4.79 Å². The van der Waals surface area contributed by atoms with Crippen LogP contribution in [0, 0.1) is 0 Å². The molecule has 0 fully saturated rings. The second-order valence-corrected chi connectivity index (χ2v) is 4.04. The number of hydrogen-bond donors (Lipinski definition) is 2. The normalized spacial score (nSPS) is 9.59. The Morgan fingerprint density at radius 2 is 2.12 bits per heavy atom. The molecule has 6 heteroatoms. The molecule has 0 bridgehead atoms. The summed E-state index contributed by atoms with van der Waals surface area (Å²) in [6.45, 7) is 0. The zero-order valence-electron chi connectivity index (χ0n) is 9.98. The number of nitrogens with two attached hydrogens (primary N) is 1. The van der Waals surface area contributed by atoms with Crippen molar-refractivity contribution in [1.29, 1.82) is 0 Å². The molecule has 92 valence electrons. The van der Waals surface area contributed by atoms with Gasteiger partial charge in [-0.3, -0.25) is 0 Å². The molecule has 0 unspecified atom stereocenters. The maximum Gasteiger partial charge on any atom is 0.321 e. The molecule has 0 atom stereocenters. The lowest BCUT2D eigenvalue weighted by Crippen LogP contribution is -2.27. The minimum Gasteiger partial charge on any atom is -0.495 e. The van der Waals surface area contributed by atoms with E-state index < -0.39 is 0 Å². The van der Waals surface area contributed by atoms with Crippen molar-refractivity contribution >= 4 is 28.9 Å². The fraction of sp³-hybridized carbons (Fsp3) is 0.273. The zero-order valence-corrected chi connectivity index (χ0v) is 10.8. The second kappa shape index (κ2) is 5.49. The largest absolute Gasteiger partial charge is 0.495 e. The number of anilines is 1. The third-order valence-corrected chi connectivity index (χ3v) is 2.37. The molecule has 0 radical (unpaired) electrons. The van der Waals surface area contributed by atoms with E-state index in [0.717, 1.165) is 0 Å². The average molecular weight is 253 g/mol. The van der Waals surface area contributed by atoms with Gasteiger partial charge in [0.15, 0.2) is 0 Å². The van der Waals surface area contributed by atoms with E-state index >= 15 is 0 Å². The summed E-state index contributed by atoms with van der Waals surface area (Å²) in [5, 5.41) is 2.70. The number of ether oxygens (including phenoxy) is 1. The topological polar surface area (TPSA) is 67.6 Å². The van der Waals surface area contributed by atoms with Gasteiger partial charge < -0.3 is 20.7 Å². The molecule has 1 rings (SSSR count). The minimum atomic E-state index is -0.230. The van der Waals surface area contributed by atoms with Crippen molar-refractivity contribution in [2.45, 2.75) is 0 Å². The Labute approximate surface area is 106 Å². The number of urea groups is 1. The Balaban J connectivity index is 3.01. The van der Waals surface area contributed by atoms with Crippen LogP contribution in [0.3, 0.4) is 0 Å². The first-order chi connectivity index (χ1) is 7.95. The third-order valence-electron chi connectivity index (χ3n) is 2.13. The molecule has 0 heterocycles. The predicted octanol–water partition coefficient (Wildman–Crippen LogP) is 1.42. The number of hydrogen-bond acceptors (Lipinski definition) is 3. The Hall–Kier alpha value is -1.82. The standard InChI is InChI=1S/C11H15N3O2S/c1-14(2)11(15)13-8-5-4-7(10(12)17)6-9(8)16-3/h4-6H,1-3H3,(H2,12,17)(H,13,15). The smallest absolute Gasteiger partial charge is 0.321 e. The number of nitrogens with one attached hydrogen (secondary N) is 1. The molecule has 2 amide bonds. The molecule has 0 saturated carbocycles. The van der Waals surface area contributed by atoms with Crippen molar-refractivity contribution in [2.75, 3.05) is 26.5 Å². The fourth-order valence-electron chi connectivity index (χ4n) is 1.17. The Morgan fingerprint density at radius 3 is 2.59 bits per heavy atom. The first-order valence-electron chi connectivity index (χ1n) is 4.92. The summed E-state index contributed by atoms with van der Waals surface area (Å²) in [5.41, 5.74) is 6.79. The Kier molecular flexibility index (Phi) is 4.28. The van der Waals surface area contributed by atoms with Crippen LogP contribution < -0.4 is 15.8 Å². The van der Waals surface area contributed by atoms with Crippen LogP contribution in [-0.2, 0) is 0 Å². The first-order valence-corrected chi connectivity index (χ1v) is 5.32. The molecular weight excluding hydrogens is 238 g/mol. The predicted molar refractivity (Wildman–Crippen MR) is 71.6 cm³/mol. The van der Waals surface area contributed by atoms with Crippen molar-refractivity contribution in [3.63, 3.8) is 0 Å². The molecule has 0 aliphatic rings. The molecule has 17 heavy (non-hydrogen) atoms. The van der Waals surface area contributed by atoms with E-state index in [1.807, 2.05) is 0 Å². The van der Waals surface area contributed by atoms with Gasteiger partial charge in [-0.05, 0) is 18.2 Å². The van der Waals surface area contributed by atoms with E-state index in [0.29, 0.717) is 17.0 Å². The van der Waals surface area contributed by atoms with Gasteiger partial charge in [0.1, 0.15) is 10.7 Å². The summed E-state index contributed by atoms with van der Waals surface area (Å²) < 4.78 is 5.17. The quantitative estimate of drug-likeness (QED) is 0.800. The third kappa shape index (κ3) is 3.32. The number of rotatable bonds is 3. The number of benzene rings is 1. The molecule has 5 nitrogen and oxygen atoms in total. The van der Waals surface area contributed by atoms with Gasteiger partial charge in [0.25, 0.3) is 0 Å². The molecule has 0 aliphatic heterocycles. The van der Waals surface area contributed by atoms with Crippen molar-refractivity contribution in [3.05, 3.63) is 23.8 Å². The van der Waals surface area contributed by atoms with Crippen LogP contribution in [0.1, 0.15) is 5.56 Å². The maximum atomic E-state index is 11.5. The van der Waals surface area contributed by atoms with Crippen molar-refractivity contribution < 1.29 is 9.53 Å². The monoisotopic (exact) mass is 253 g/mol. The summed E-state index contributed by atoms with van der Waals surface area (Å²) in [6.07, 6.45) is 0. The zero-order chi connectivity index (χ0) is 13.0. The number of carbonyl (C=O) groups excluding carboxylic acids is 1. The fourth-order valence-corrected chi connectivity index (χ4v) is 1.30. The van der Waals surface area contributed by atoms with E-state index in [4.69, 9.17) is 22.7 Å². The molecule has 0 saturated heterocycles. The van der Waals surface area contributed by atoms with Crippen LogP contribution >= 0.6 is 12.2 Å². The Bertz CT molecular complexity index is 446. The highest BCUT2D eigenvalue weighted by molar-refractivity contribution is 7.80. The van der Waals surface area contributed by atoms with Gasteiger partial charge in [-0.15, -0.1) is 0 Å². The van der Waals surface area contributed by atoms with Gasteiger partial charge in [-0.1, -0.05) is 12.2 Å². The van der Waals surface area contributed by atoms with E-state index in [-0.39, 0.29) is 11.0 Å². The molecule has 0 aliphatic carbocycles. The van der Waals surface area contributed by atoms with Crippen LogP contribution in [0.5, 0.6) is 5.75 Å². The average Bonchev–Trinajstić information content (AvgIpc) is 2.28. The number of carbonyl (C=O) groups is 1. The van der Waals surface area contributed by atoms with Crippen LogP contribution in [0.15, 0.2) is 18.2 Å². The summed E-state index contributed by atoms with van der Waals surface area (Å²) in [5.74, 6) is 0.519. The van der Waals surface area contributed by atoms with Crippen LogP contribution in [-0.4, -0.2) is 37.1 Å². The van der Waals surface area contributed by atoms with Gasteiger partial charge in [0, 0.05) is 19.7 Å². The van der Waals surface area contributed by atoms with Crippen molar-refractivity contribution in [3.8, 4) is 5.75 Å². The van der Waals surface area contributed by atoms with Gasteiger partial charge in [-0.2, -0.15) is 0 Å². The van der Waals surface area contributed by atoms with E-state index in [1.165, 1.54) is 12.0 Å². The lowest BCUT2D eigenvalue weighted by Gasteiger charge is -2.15. The molecule has 0 spiro atoms. The lowest BCUT2D eigenvalue weighted by molar-refractivity contribution is 0.230. The van der Waals surface area contributed by atoms with Gasteiger partial charge in [0.05, 0.1) is 12.8 Å². The molecule has 0 aromatic heterocycles. The first kappa shape index (κ1) is 13.2. The molecule has 1 aromatic carbocycles. The van der Waals surface area contributed by atoms with Crippen LogP contribution in [0.25, 0.3) is 0 Å². The highest BCUT2D eigenvalue weighted by atomic mass is 32.1. The highest BCUT2D eigenvalue weighted by Gasteiger charge is 2.10. The Morgan fingerprint density at radius 1 is 1.47 bits per heavy atom. The lowest BCUT2D eigenvalue weighted by atomic mass is 10.2. The number of nitrogens with zero attached hydrogens (tertiary/aromatic N) is 1. The van der Waals surface area contributed by atoms with Crippen molar-refractivity contribution in [2.24, 2.45) is 5.73 Å². The van der Waals surface area contributed by atoms with E-state index in [1.54, 1.807) is 32.3 Å². The highest BCUT2D eigenvalue weighted by Crippen LogP contribution is 2.25. The second-order valence-electron chi connectivity index (χ2n) is 3.60. The number of amides is 2.